The SMILES string of the molecule is Cc1ccc2c(c1)c1cc(C)cc(N3c4cc(-n5c6ccc(C(C)(C)C)cc6c6cc(C(C)(C)C)ccc65)ccc4B4c5ccc(-n6c7ccc(C(C)(C)C)cc7c7cc(C(C)(C)C)ccc76)cc5N(c5cc(C)cc6c7cc(C)ccc7n(-c7ccccc7)c56)c5cc(C(C)(C)C)cc3c54)c1n2-c1ccccc1. The monoisotopic (exact) mass is 1420 g/mol. The molecule has 0 fully saturated rings. The Kier molecular flexibility index (Phi) is 14.8. The van der Waals surface area contributed by atoms with Crippen LogP contribution in [-0.2, 0) is 27.1 Å². The second-order valence-corrected chi connectivity index (χ2v) is 37.1. The lowest BCUT2D eigenvalue weighted by Crippen LogP contribution is -2.61. The summed E-state index contributed by atoms with van der Waals surface area (Å²) in [4.78, 5) is 5.46. The van der Waals surface area contributed by atoms with Gasteiger partial charge in [0.1, 0.15) is 0 Å². The third-order valence-corrected chi connectivity index (χ3v) is 24.2. The van der Waals surface area contributed by atoms with Crippen LogP contribution in [0.4, 0.5) is 34.1 Å². The largest absolute Gasteiger partial charge is 0.309 e. The van der Waals surface area contributed by atoms with Crippen LogP contribution in [0.2, 0.25) is 0 Å². The summed E-state index contributed by atoms with van der Waals surface area (Å²) in [6.45, 7) is 44.2. The first kappa shape index (κ1) is 68.3. The van der Waals surface area contributed by atoms with Crippen LogP contribution in [0.1, 0.15) is 154 Å². The zero-order valence-electron chi connectivity index (χ0n) is 66.9. The predicted octanol–water partition coefficient (Wildman–Crippen LogP) is 25.9. The standard InChI is InChI=1S/C102H97BN6/c1-60-30-40-87-73(46-60)79-48-62(3)50-93(96(79)106(87)69-26-22-20-23-27-69)108-89-58-71(104-83-42-32-64(98(5,6)7)52-75(83)76-53-65(99(8,9)10)33-43-84(76)104)36-38-81(89)103-82-39-37-72(105-85-44-34-66(100(11,12)13)54-77(85)78-55-67(101(14,15)16)35-45-86(78)105)59-90(82)109(92-57-68(102(17,18)19)56-91(108)95(92)103)94-51-63(4)49-80-74-47-61(2)31-41-88(74)107(97(80)94)70-28-24-21-25-29-70/h20-59H,1-19H3. The molecule has 19 rings (SSSR count). The van der Waals surface area contributed by atoms with Crippen LogP contribution in [0.25, 0.3) is 110 Å². The first-order valence-corrected chi connectivity index (χ1v) is 39.3. The number of anilines is 6. The summed E-state index contributed by atoms with van der Waals surface area (Å²) < 4.78 is 10.3. The van der Waals surface area contributed by atoms with Gasteiger partial charge in [-0.2, -0.15) is 0 Å². The molecule has 109 heavy (non-hydrogen) atoms. The van der Waals surface area contributed by atoms with Crippen LogP contribution in [0, 0.1) is 27.7 Å². The Balaban J connectivity index is 0.985. The van der Waals surface area contributed by atoms with Crippen LogP contribution >= 0.6 is 0 Å². The molecule has 2 aliphatic heterocycles. The molecule has 0 saturated carbocycles. The molecule has 6 nitrogen and oxygen atoms in total. The highest BCUT2D eigenvalue weighted by Crippen LogP contribution is 2.53. The van der Waals surface area contributed by atoms with Gasteiger partial charge in [0.2, 0.25) is 0 Å². The van der Waals surface area contributed by atoms with Gasteiger partial charge in [-0.25, -0.2) is 0 Å². The number of para-hydroxylation sites is 2. The lowest BCUT2D eigenvalue weighted by molar-refractivity contribution is 0.590. The fourth-order valence-electron chi connectivity index (χ4n) is 18.5. The van der Waals surface area contributed by atoms with Crippen molar-refractivity contribution in [1.82, 2.24) is 18.3 Å². The van der Waals surface area contributed by atoms with Crippen molar-refractivity contribution in [1.29, 1.82) is 0 Å². The van der Waals surface area contributed by atoms with E-state index in [1.54, 1.807) is 0 Å². The molecular formula is C102H97BN6. The van der Waals surface area contributed by atoms with Gasteiger partial charge in [0, 0.05) is 88.6 Å². The number of fused-ring (bicyclic) bond motifs is 16. The average Bonchev–Trinajstić information content (AvgIpc) is 1.48. The maximum atomic E-state index is 2.73. The Labute approximate surface area is 642 Å². The Morgan fingerprint density at radius 3 is 0.853 bits per heavy atom. The smallest absolute Gasteiger partial charge is 0.252 e. The first-order chi connectivity index (χ1) is 51.8. The van der Waals surface area contributed by atoms with Crippen molar-refractivity contribution in [3.8, 4) is 22.7 Å². The molecule has 13 aromatic carbocycles. The van der Waals surface area contributed by atoms with Gasteiger partial charge in [-0.1, -0.05) is 200 Å². The fourth-order valence-corrected chi connectivity index (χ4v) is 18.5. The summed E-state index contributed by atoms with van der Waals surface area (Å²) in [6, 6.07) is 95.5. The Hall–Kier alpha value is -11.3. The van der Waals surface area contributed by atoms with Crippen LogP contribution in [0.5, 0.6) is 0 Å². The summed E-state index contributed by atoms with van der Waals surface area (Å²) in [7, 11) is 0. The molecule has 0 unspecified atom stereocenters. The number of benzene rings is 13. The molecule has 17 aromatic rings. The van der Waals surface area contributed by atoms with E-state index in [0.717, 1.165) is 45.5 Å². The number of rotatable bonds is 6. The van der Waals surface area contributed by atoms with E-state index in [9.17, 15) is 0 Å². The number of hydrogen-bond acceptors (Lipinski definition) is 2. The molecule has 0 saturated heterocycles. The third kappa shape index (κ3) is 10.6. The summed E-state index contributed by atoms with van der Waals surface area (Å²) in [5.41, 5.74) is 35.5. The maximum absolute atomic E-state index is 2.73. The summed E-state index contributed by atoms with van der Waals surface area (Å²) in [5, 5.41) is 10.0. The van der Waals surface area contributed by atoms with E-state index in [-0.39, 0.29) is 33.8 Å². The van der Waals surface area contributed by atoms with E-state index in [2.05, 4.69) is 402 Å². The predicted molar refractivity (Wildman–Crippen MR) is 470 cm³/mol. The van der Waals surface area contributed by atoms with Crippen LogP contribution < -0.4 is 26.2 Å². The maximum Gasteiger partial charge on any atom is 0.252 e. The number of nitrogens with zero attached hydrogens (tertiary/aromatic N) is 6. The second kappa shape index (κ2) is 23.6. The summed E-state index contributed by atoms with van der Waals surface area (Å²) >= 11 is 0. The molecule has 0 N–H and O–H groups in total. The van der Waals surface area contributed by atoms with Gasteiger partial charge in [-0.05, 0) is 268 Å². The highest BCUT2D eigenvalue weighted by Gasteiger charge is 2.46. The topological polar surface area (TPSA) is 26.2 Å². The van der Waals surface area contributed by atoms with E-state index in [1.807, 2.05) is 0 Å². The molecule has 0 atom stereocenters. The van der Waals surface area contributed by atoms with Crippen LogP contribution in [0.15, 0.2) is 243 Å². The van der Waals surface area contributed by atoms with Crippen molar-refractivity contribution in [3.63, 3.8) is 0 Å². The number of hydrogen-bond donors (Lipinski definition) is 0. The minimum absolute atomic E-state index is 0.0536. The van der Waals surface area contributed by atoms with Crippen molar-refractivity contribution < 1.29 is 0 Å². The Morgan fingerprint density at radius 2 is 0.523 bits per heavy atom. The minimum atomic E-state index is -0.318. The van der Waals surface area contributed by atoms with Crippen molar-refractivity contribution in [3.05, 3.63) is 293 Å². The lowest BCUT2D eigenvalue weighted by atomic mass is 9.33. The zero-order chi connectivity index (χ0) is 75.8. The van der Waals surface area contributed by atoms with E-state index >= 15 is 0 Å². The molecule has 0 aliphatic carbocycles. The molecule has 538 valence electrons. The van der Waals surface area contributed by atoms with Gasteiger partial charge in [-0.3, -0.25) is 0 Å². The Morgan fingerprint density at radius 1 is 0.220 bits per heavy atom. The van der Waals surface area contributed by atoms with Gasteiger partial charge in [0.25, 0.3) is 6.71 Å². The van der Waals surface area contributed by atoms with Crippen molar-refractivity contribution in [2.75, 3.05) is 9.80 Å². The fraction of sp³-hybridized carbons (Fsp3) is 0.235. The molecule has 0 radical (unpaired) electrons. The van der Waals surface area contributed by atoms with Crippen molar-refractivity contribution in [2.24, 2.45) is 0 Å². The van der Waals surface area contributed by atoms with Gasteiger partial charge in [0.15, 0.2) is 0 Å². The number of aromatic nitrogens is 4. The average molecular weight is 1420 g/mol. The molecule has 0 bridgehead atoms. The van der Waals surface area contributed by atoms with Gasteiger partial charge < -0.3 is 28.1 Å². The van der Waals surface area contributed by atoms with Crippen molar-refractivity contribution in [2.45, 2.75) is 159 Å². The van der Waals surface area contributed by atoms with E-state index < -0.39 is 0 Å². The van der Waals surface area contributed by atoms with E-state index in [0.29, 0.717) is 0 Å². The normalized spacial score (nSPS) is 13.6. The Bertz CT molecular complexity index is 6190. The third-order valence-electron chi connectivity index (χ3n) is 24.2. The first-order valence-electron chi connectivity index (χ1n) is 39.3. The highest BCUT2D eigenvalue weighted by atomic mass is 15.2. The molecular weight excluding hydrogens is 1320 g/mol. The minimum Gasteiger partial charge on any atom is -0.309 e. The summed E-state index contributed by atoms with van der Waals surface area (Å²) in [5.74, 6) is 0. The molecule has 0 amide bonds. The van der Waals surface area contributed by atoms with Crippen LogP contribution in [0.3, 0.4) is 0 Å². The van der Waals surface area contributed by atoms with E-state index in [1.165, 1.54) is 165 Å². The lowest BCUT2D eigenvalue weighted by Gasteiger charge is -2.45. The molecule has 4 aromatic heterocycles. The molecule has 0 spiro atoms. The highest BCUT2D eigenvalue weighted by molar-refractivity contribution is 7.00. The molecule has 7 heteroatoms. The molecule has 6 heterocycles. The molecule has 2 aliphatic rings. The quantitative estimate of drug-likeness (QED) is 0.155. The van der Waals surface area contributed by atoms with Crippen molar-refractivity contribution >= 4 is 144 Å². The van der Waals surface area contributed by atoms with Crippen LogP contribution in [-0.4, -0.2) is 25.0 Å². The summed E-state index contributed by atoms with van der Waals surface area (Å²) in [6.07, 6.45) is 0. The van der Waals surface area contributed by atoms with E-state index in [4.69, 9.17) is 0 Å². The zero-order valence-corrected chi connectivity index (χ0v) is 66.9. The second-order valence-electron chi connectivity index (χ2n) is 37.1. The number of aryl methyl sites for hydroxylation is 4. The van der Waals surface area contributed by atoms with Gasteiger partial charge in [-0.15, -0.1) is 0 Å². The van der Waals surface area contributed by atoms with Gasteiger partial charge >= 0.3 is 0 Å². The van der Waals surface area contributed by atoms with Gasteiger partial charge in [0.05, 0.1) is 55.5 Å².